The maximum Gasteiger partial charge on any atom is 0.318 e. The Bertz CT molecular complexity index is 267. The van der Waals surface area contributed by atoms with Crippen molar-refractivity contribution < 1.29 is 19.1 Å². The van der Waals surface area contributed by atoms with Gasteiger partial charge in [-0.3, -0.25) is 9.59 Å². The van der Waals surface area contributed by atoms with Gasteiger partial charge in [0, 0.05) is 5.75 Å². The maximum atomic E-state index is 11.1. The van der Waals surface area contributed by atoms with E-state index in [4.69, 9.17) is 12.2 Å². The quantitative estimate of drug-likeness (QED) is 0.563. The predicted octanol–water partition coefficient (Wildman–Crippen LogP) is 1.86. The van der Waals surface area contributed by atoms with E-state index >= 15 is 0 Å². The highest BCUT2D eigenvalue weighted by Gasteiger charge is 2.16. The van der Waals surface area contributed by atoms with Gasteiger partial charge in [-0.25, -0.2) is 0 Å². The van der Waals surface area contributed by atoms with Crippen molar-refractivity contribution in [2.75, 3.05) is 20.0 Å². The van der Waals surface area contributed by atoms with Crippen LogP contribution < -0.4 is 0 Å². The molecule has 92 valence electrons. The number of hydrogen-bond donors (Lipinski definition) is 0. The van der Waals surface area contributed by atoms with E-state index in [2.05, 4.69) is 9.47 Å². The highest BCUT2D eigenvalue weighted by molar-refractivity contribution is 8.47. The number of carbonyl (C=O) groups excluding carboxylic acids is 2. The average Bonchev–Trinajstić information content (AvgIpc) is 2.27. The Morgan fingerprint density at radius 1 is 1.31 bits per heavy atom. The van der Waals surface area contributed by atoms with Crippen LogP contribution >= 0.6 is 35.7 Å². The summed E-state index contributed by atoms with van der Waals surface area (Å²) >= 11 is 7.67. The van der Waals surface area contributed by atoms with Crippen molar-refractivity contribution in [3.8, 4) is 0 Å². The molecule has 0 N–H and O–H groups in total. The van der Waals surface area contributed by atoms with Gasteiger partial charge in [0.2, 0.25) is 0 Å². The number of esters is 2. The molecule has 4 nitrogen and oxygen atoms in total. The van der Waals surface area contributed by atoms with E-state index in [1.807, 2.05) is 0 Å². The topological polar surface area (TPSA) is 52.6 Å². The van der Waals surface area contributed by atoms with Gasteiger partial charge in [0.05, 0.1) is 20.6 Å². The predicted molar refractivity (Wildman–Crippen MR) is 70.8 cm³/mol. The fourth-order valence-corrected chi connectivity index (χ4v) is 3.27. The highest BCUT2D eigenvalue weighted by atomic mass is 32.2. The van der Waals surface area contributed by atoms with Crippen LogP contribution in [0.1, 0.15) is 13.3 Å². The van der Waals surface area contributed by atoms with Crippen LogP contribution in [0.4, 0.5) is 0 Å². The Kier molecular flexibility index (Phi) is 8.68. The minimum atomic E-state index is -0.317. The van der Waals surface area contributed by atoms with Crippen LogP contribution in [-0.4, -0.2) is 40.7 Å². The molecular formula is C9H14O4S3. The Hall–Kier alpha value is -0.270. The molecular weight excluding hydrogens is 268 g/mol. The first-order valence-electron chi connectivity index (χ1n) is 4.49. The molecule has 0 heterocycles. The van der Waals surface area contributed by atoms with Crippen molar-refractivity contribution in [2.24, 2.45) is 0 Å². The first-order valence-corrected chi connectivity index (χ1v) is 6.76. The molecule has 0 saturated carbocycles. The Balaban J connectivity index is 3.74. The Labute approximate surface area is 109 Å². The summed E-state index contributed by atoms with van der Waals surface area (Å²) in [5.74, 6) is -0.00547. The van der Waals surface area contributed by atoms with Crippen LogP contribution in [0.3, 0.4) is 0 Å². The van der Waals surface area contributed by atoms with Gasteiger partial charge in [-0.05, 0) is 6.92 Å². The Morgan fingerprint density at radius 2 is 1.94 bits per heavy atom. The molecule has 0 saturated heterocycles. The third-order valence-electron chi connectivity index (χ3n) is 1.56. The summed E-state index contributed by atoms with van der Waals surface area (Å²) in [6.45, 7) is 1.73. The minimum absolute atomic E-state index is 0.263. The number of carbonyl (C=O) groups is 2. The molecule has 0 aliphatic heterocycles. The molecule has 1 atom stereocenters. The number of methoxy groups -OCH3 is 2. The minimum Gasteiger partial charge on any atom is -0.469 e. The van der Waals surface area contributed by atoms with Crippen LogP contribution in [0.5, 0.6) is 0 Å². The molecule has 0 amide bonds. The Morgan fingerprint density at radius 3 is 2.44 bits per heavy atom. The molecule has 0 aromatic carbocycles. The molecule has 0 rings (SSSR count). The van der Waals surface area contributed by atoms with E-state index in [0.717, 1.165) is 0 Å². The van der Waals surface area contributed by atoms with Gasteiger partial charge in [-0.1, -0.05) is 24.0 Å². The molecule has 0 aromatic rings. The summed E-state index contributed by atoms with van der Waals surface area (Å²) < 4.78 is 9.69. The summed E-state index contributed by atoms with van der Waals surface area (Å²) in [5.41, 5.74) is 0. The lowest BCUT2D eigenvalue weighted by Gasteiger charge is -2.08. The summed E-state index contributed by atoms with van der Waals surface area (Å²) in [6, 6.07) is 0. The van der Waals surface area contributed by atoms with Gasteiger partial charge in [-0.15, -0.1) is 11.8 Å². The van der Waals surface area contributed by atoms with Gasteiger partial charge < -0.3 is 9.47 Å². The zero-order chi connectivity index (χ0) is 12.6. The second kappa shape index (κ2) is 8.83. The van der Waals surface area contributed by atoms with Crippen molar-refractivity contribution in [3.05, 3.63) is 0 Å². The van der Waals surface area contributed by atoms with Gasteiger partial charge in [0.1, 0.15) is 8.78 Å². The van der Waals surface area contributed by atoms with Crippen molar-refractivity contribution in [1.82, 2.24) is 0 Å². The lowest BCUT2D eigenvalue weighted by atomic mass is 10.5. The molecule has 0 aliphatic rings. The summed E-state index contributed by atoms with van der Waals surface area (Å²) in [6.07, 6.45) is 0.314. The molecule has 16 heavy (non-hydrogen) atoms. The van der Waals surface area contributed by atoms with Crippen LogP contribution in [-0.2, 0) is 19.1 Å². The maximum absolute atomic E-state index is 11.1. The zero-order valence-corrected chi connectivity index (χ0v) is 11.8. The van der Waals surface area contributed by atoms with Crippen molar-refractivity contribution in [2.45, 2.75) is 18.6 Å². The number of thiocarbonyl (C=S) groups is 1. The van der Waals surface area contributed by atoms with Crippen LogP contribution in [0.15, 0.2) is 0 Å². The van der Waals surface area contributed by atoms with Crippen LogP contribution in [0.25, 0.3) is 0 Å². The largest absolute Gasteiger partial charge is 0.469 e. The number of ether oxygens (including phenoxy) is 2. The molecule has 0 aromatic heterocycles. The average molecular weight is 282 g/mol. The number of hydrogen-bond acceptors (Lipinski definition) is 7. The van der Waals surface area contributed by atoms with E-state index in [1.165, 1.54) is 37.7 Å². The van der Waals surface area contributed by atoms with Crippen LogP contribution in [0.2, 0.25) is 0 Å². The number of rotatable bonds is 5. The third-order valence-corrected chi connectivity index (χ3v) is 4.23. The van der Waals surface area contributed by atoms with Crippen LogP contribution in [0, 0.1) is 0 Å². The fraction of sp³-hybridized carbons (Fsp3) is 0.667. The molecule has 1 unspecified atom stereocenters. The van der Waals surface area contributed by atoms with Crippen molar-refractivity contribution >= 4 is 51.2 Å². The van der Waals surface area contributed by atoms with E-state index < -0.39 is 0 Å². The SMILES string of the molecule is COC(=O)CCSC(=S)SC(C)C(=O)OC. The highest BCUT2D eigenvalue weighted by Crippen LogP contribution is 2.23. The van der Waals surface area contributed by atoms with Gasteiger partial charge in [0.15, 0.2) is 0 Å². The second-order valence-corrected chi connectivity index (χ2v) is 6.35. The number of thioether (sulfide) groups is 2. The molecule has 0 radical (unpaired) electrons. The normalized spacial score (nSPS) is 11.7. The van der Waals surface area contributed by atoms with E-state index in [9.17, 15) is 9.59 Å². The first-order chi connectivity index (χ1) is 7.51. The molecule has 7 heteroatoms. The van der Waals surface area contributed by atoms with E-state index in [0.29, 0.717) is 15.7 Å². The monoisotopic (exact) mass is 282 g/mol. The van der Waals surface area contributed by atoms with Gasteiger partial charge in [0.25, 0.3) is 0 Å². The summed E-state index contributed by atoms with van der Waals surface area (Å²) in [4.78, 5) is 21.9. The second-order valence-electron chi connectivity index (χ2n) is 2.71. The zero-order valence-electron chi connectivity index (χ0n) is 9.35. The summed E-state index contributed by atoms with van der Waals surface area (Å²) in [5, 5.41) is -0.317. The van der Waals surface area contributed by atoms with Crippen molar-refractivity contribution in [3.63, 3.8) is 0 Å². The first kappa shape index (κ1) is 15.7. The van der Waals surface area contributed by atoms with E-state index in [-0.39, 0.29) is 17.2 Å². The fourth-order valence-electron chi connectivity index (χ4n) is 0.712. The summed E-state index contributed by atoms with van der Waals surface area (Å²) in [7, 11) is 2.69. The third kappa shape index (κ3) is 7.08. The smallest absolute Gasteiger partial charge is 0.318 e. The lowest BCUT2D eigenvalue weighted by molar-refractivity contribution is -0.140. The molecule has 0 aliphatic carbocycles. The molecule has 0 bridgehead atoms. The lowest BCUT2D eigenvalue weighted by Crippen LogP contribution is -2.15. The van der Waals surface area contributed by atoms with Gasteiger partial charge >= 0.3 is 11.9 Å². The molecule has 0 spiro atoms. The standard InChI is InChI=1S/C9H14O4S3/c1-6(8(11)13-3)16-9(14)15-5-4-7(10)12-2/h6H,4-5H2,1-3H3. The van der Waals surface area contributed by atoms with Gasteiger partial charge in [-0.2, -0.15) is 0 Å². The van der Waals surface area contributed by atoms with E-state index in [1.54, 1.807) is 6.92 Å². The molecule has 0 fully saturated rings. The van der Waals surface area contributed by atoms with Crippen molar-refractivity contribution in [1.29, 1.82) is 0 Å².